The molecule has 0 atom stereocenters. The lowest BCUT2D eigenvalue weighted by molar-refractivity contribution is 0.591. The van der Waals surface area contributed by atoms with Gasteiger partial charge in [0.2, 0.25) is 10.0 Å². The largest absolute Gasteiger partial charge is 0.316 e. The van der Waals surface area contributed by atoms with Crippen molar-refractivity contribution in [3.8, 4) is 12.3 Å². The molecule has 0 bridgehead atoms. The highest BCUT2D eigenvalue weighted by Gasteiger charge is 1.99. The molecule has 0 aliphatic carbocycles. The summed E-state index contributed by atoms with van der Waals surface area (Å²) in [5, 5.41) is 7.70. The van der Waals surface area contributed by atoms with E-state index in [0.29, 0.717) is 13.0 Å². The molecule has 0 aromatic rings. The van der Waals surface area contributed by atoms with Crippen LogP contribution in [0, 0.1) is 12.3 Å². The van der Waals surface area contributed by atoms with Gasteiger partial charge in [0.15, 0.2) is 0 Å². The topological polar surface area (TPSA) is 72.2 Å². The maximum Gasteiger partial charge on any atom is 0.210 e. The molecule has 0 aromatic heterocycles. The molecular formula is C7H14N2O2S. The summed E-state index contributed by atoms with van der Waals surface area (Å²) in [4.78, 5) is 0. The van der Waals surface area contributed by atoms with Crippen molar-refractivity contribution in [3.05, 3.63) is 0 Å². The highest BCUT2D eigenvalue weighted by atomic mass is 32.2. The summed E-state index contributed by atoms with van der Waals surface area (Å²) >= 11 is 0. The average Bonchev–Trinajstić information content (AvgIpc) is 1.94. The van der Waals surface area contributed by atoms with Gasteiger partial charge in [-0.1, -0.05) is 0 Å². The summed E-state index contributed by atoms with van der Waals surface area (Å²) in [6.07, 6.45) is 6.59. The molecule has 0 aromatic carbocycles. The van der Waals surface area contributed by atoms with Gasteiger partial charge in [0.05, 0.1) is 5.75 Å². The van der Waals surface area contributed by atoms with E-state index in [1.165, 1.54) is 0 Å². The van der Waals surface area contributed by atoms with Crippen LogP contribution in [0.2, 0.25) is 0 Å². The minimum atomic E-state index is -3.32. The van der Waals surface area contributed by atoms with Gasteiger partial charge in [-0.05, 0) is 13.0 Å². The van der Waals surface area contributed by atoms with Crippen molar-refractivity contribution in [1.82, 2.24) is 5.32 Å². The fraction of sp³-hybridized carbons (Fsp3) is 0.714. The van der Waals surface area contributed by atoms with Crippen LogP contribution < -0.4 is 10.5 Å². The van der Waals surface area contributed by atoms with Crippen LogP contribution in [-0.2, 0) is 10.0 Å². The zero-order valence-electron chi connectivity index (χ0n) is 6.91. The fourth-order valence-corrected chi connectivity index (χ4v) is 1.08. The van der Waals surface area contributed by atoms with E-state index in [1.807, 2.05) is 0 Å². The summed E-state index contributed by atoms with van der Waals surface area (Å²) in [5.74, 6) is 2.47. The third-order valence-corrected chi connectivity index (χ3v) is 2.01. The number of primary sulfonamides is 1. The molecule has 0 rings (SSSR count). The quantitative estimate of drug-likeness (QED) is 0.429. The first kappa shape index (κ1) is 11.4. The van der Waals surface area contributed by atoms with Crippen molar-refractivity contribution in [2.45, 2.75) is 12.8 Å². The molecule has 12 heavy (non-hydrogen) atoms. The van der Waals surface area contributed by atoms with E-state index in [2.05, 4.69) is 11.2 Å². The Labute approximate surface area is 73.6 Å². The van der Waals surface area contributed by atoms with Crippen LogP contribution in [0.1, 0.15) is 12.8 Å². The van der Waals surface area contributed by atoms with Gasteiger partial charge >= 0.3 is 0 Å². The van der Waals surface area contributed by atoms with E-state index in [1.54, 1.807) is 0 Å². The molecule has 70 valence electrons. The molecular weight excluding hydrogens is 176 g/mol. The Bertz CT molecular complexity index is 241. The van der Waals surface area contributed by atoms with Crippen molar-refractivity contribution in [2.75, 3.05) is 18.8 Å². The van der Waals surface area contributed by atoms with Crippen molar-refractivity contribution in [1.29, 1.82) is 0 Å². The Morgan fingerprint density at radius 1 is 1.42 bits per heavy atom. The lowest BCUT2D eigenvalue weighted by Gasteiger charge is -2.00. The third kappa shape index (κ3) is 9.43. The number of terminal acetylenes is 1. The van der Waals surface area contributed by atoms with Crippen LogP contribution >= 0.6 is 0 Å². The lowest BCUT2D eigenvalue weighted by Crippen LogP contribution is -2.27. The SMILES string of the molecule is C#CCCCNCCS(N)(=O)=O. The van der Waals surface area contributed by atoms with Gasteiger partial charge in [0.25, 0.3) is 0 Å². The highest BCUT2D eigenvalue weighted by Crippen LogP contribution is 1.82. The molecule has 0 amide bonds. The number of hydrogen-bond acceptors (Lipinski definition) is 3. The van der Waals surface area contributed by atoms with Crippen molar-refractivity contribution in [2.24, 2.45) is 5.14 Å². The maximum absolute atomic E-state index is 10.4. The van der Waals surface area contributed by atoms with Gasteiger partial charge in [0.1, 0.15) is 0 Å². The number of unbranched alkanes of at least 4 members (excludes halogenated alkanes) is 1. The smallest absolute Gasteiger partial charge is 0.210 e. The minimum absolute atomic E-state index is 0.0247. The Morgan fingerprint density at radius 2 is 2.08 bits per heavy atom. The van der Waals surface area contributed by atoms with Crippen LogP contribution in [0.25, 0.3) is 0 Å². The van der Waals surface area contributed by atoms with Crippen LogP contribution in [0.15, 0.2) is 0 Å². The summed E-state index contributed by atoms with van der Waals surface area (Å²) < 4.78 is 20.9. The molecule has 0 aliphatic heterocycles. The fourth-order valence-electron chi connectivity index (χ4n) is 0.655. The molecule has 0 saturated heterocycles. The Hall–Kier alpha value is -0.570. The normalized spacial score (nSPS) is 11.0. The molecule has 0 aliphatic rings. The molecule has 5 heteroatoms. The molecule has 4 nitrogen and oxygen atoms in total. The Morgan fingerprint density at radius 3 is 2.58 bits per heavy atom. The number of sulfonamides is 1. The highest BCUT2D eigenvalue weighted by molar-refractivity contribution is 7.89. The van der Waals surface area contributed by atoms with Crippen LogP contribution in [0.3, 0.4) is 0 Å². The average molecular weight is 190 g/mol. The van der Waals surface area contributed by atoms with Crippen molar-refractivity contribution >= 4 is 10.0 Å². The second-order valence-corrected chi connectivity index (χ2v) is 4.16. The molecule has 0 saturated carbocycles. The van der Waals surface area contributed by atoms with Gasteiger partial charge in [0, 0.05) is 13.0 Å². The number of hydrogen-bond donors (Lipinski definition) is 2. The monoisotopic (exact) mass is 190 g/mol. The molecule has 0 spiro atoms. The van der Waals surface area contributed by atoms with Gasteiger partial charge in [-0.3, -0.25) is 0 Å². The number of nitrogens with one attached hydrogen (secondary N) is 1. The first-order valence-electron chi connectivity index (χ1n) is 3.71. The van der Waals surface area contributed by atoms with Gasteiger partial charge in [-0.2, -0.15) is 0 Å². The zero-order chi connectivity index (χ0) is 9.45. The van der Waals surface area contributed by atoms with Gasteiger partial charge < -0.3 is 5.32 Å². The second kappa shape index (κ2) is 6.00. The minimum Gasteiger partial charge on any atom is -0.316 e. The lowest BCUT2D eigenvalue weighted by atomic mass is 10.3. The maximum atomic E-state index is 10.4. The van der Waals surface area contributed by atoms with E-state index < -0.39 is 10.0 Å². The van der Waals surface area contributed by atoms with E-state index in [9.17, 15) is 8.42 Å². The summed E-state index contributed by atoms with van der Waals surface area (Å²) in [6.45, 7) is 1.13. The number of rotatable bonds is 6. The third-order valence-electron chi connectivity index (χ3n) is 1.24. The summed E-state index contributed by atoms with van der Waals surface area (Å²) in [6, 6.07) is 0. The molecule has 0 heterocycles. The van der Waals surface area contributed by atoms with Crippen molar-refractivity contribution in [3.63, 3.8) is 0 Å². The molecule has 0 radical (unpaired) electrons. The first-order chi connectivity index (χ1) is 5.56. The van der Waals surface area contributed by atoms with Gasteiger partial charge in [-0.15, -0.1) is 12.3 Å². The summed E-state index contributed by atoms with van der Waals surface area (Å²) in [5.41, 5.74) is 0. The summed E-state index contributed by atoms with van der Waals surface area (Å²) in [7, 11) is -3.32. The second-order valence-electron chi connectivity index (χ2n) is 2.42. The van der Waals surface area contributed by atoms with Crippen molar-refractivity contribution < 1.29 is 8.42 Å². The Kier molecular flexibility index (Phi) is 5.72. The Balaban J connectivity index is 3.18. The standard InChI is InChI=1S/C7H14N2O2S/c1-2-3-4-5-9-6-7-12(8,10)11/h1,9H,3-7H2,(H2,8,10,11). The molecule has 3 N–H and O–H groups in total. The predicted octanol–water partition coefficient (Wildman–Crippen LogP) is -0.722. The van der Waals surface area contributed by atoms with E-state index in [4.69, 9.17) is 11.6 Å². The van der Waals surface area contributed by atoms with Crippen LogP contribution in [-0.4, -0.2) is 27.3 Å². The van der Waals surface area contributed by atoms with E-state index in [0.717, 1.165) is 13.0 Å². The van der Waals surface area contributed by atoms with E-state index in [-0.39, 0.29) is 5.75 Å². The van der Waals surface area contributed by atoms with E-state index >= 15 is 0 Å². The molecule has 0 unspecified atom stereocenters. The van der Waals surface area contributed by atoms with Crippen LogP contribution in [0.4, 0.5) is 0 Å². The number of nitrogens with two attached hydrogens (primary N) is 1. The van der Waals surface area contributed by atoms with Crippen LogP contribution in [0.5, 0.6) is 0 Å². The zero-order valence-corrected chi connectivity index (χ0v) is 7.73. The van der Waals surface area contributed by atoms with Gasteiger partial charge in [-0.25, -0.2) is 13.6 Å². The molecule has 0 fully saturated rings. The first-order valence-corrected chi connectivity index (χ1v) is 5.42. The predicted molar refractivity (Wildman–Crippen MR) is 48.9 cm³/mol.